The molecule has 6 nitrogen and oxygen atoms in total. The second kappa shape index (κ2) is 9.23. The van der Waals surface area contributed by atoms with Crippen LogP contribution in [0.1, 0.15) is 53.4 Å². The first-order valence-electron chi connectivity index (χ1n) is 6.64. The molecule has 0 amide bonds. The average Bonchev–Trinajstić information content (AvgIpc) is 2.34. The molecule has 6 heteroatoms. The molecule has 0 aromatic carbocycles. The zero-order chi connectivity index (χ0) is 15.7. The van der Waals surface area contributed by atoms with Gasteiger partial charge in [0.2, 0.25) is 0 Å². The predicted octanol–water partition coefficient (Wildman–Crippen LogP) is 1.59. The minimum absolute atomic E-state index is 0.146. The number of hydrogen-bond donors (Lipinski definition) is 0. The van der Waals surface area contributed by atoms with E-state index >= 15 is 0 Å². The number of unbranched alkanes of at least 4 members (excludes halogenated alkanes) is 1. The molecule has 2 atom stereocenters. The molecular weight excluding hydrogens is 264 g/mol. The Kier molecular flexibility index (Phi) is 8.43. The zero-order valence-corrected chi connectivity index (χ0v) is 12.4. The van der Waals surface area contributed by atoms with Gasteiger partial charge >= 0.3 is 11.9 Å². The minimum atomic E-state index is -0.733. The van der Waals surface area contributed by atoms with Crippen molar-refractivity contribution in [2.75, 3.05) is 0 Å². The van der Waals surface area contributed by atoms with E-state index in [-0.39, 0.29) is 24.4 Å². The van der Waals surface area contributed by atoms with Crippen LogP contribution in [0.2, 0.25) is 0 Å². The number of ether oxygens (including phenoxy) is 2. The van der Waals surface area contributed by atoms with E-state index in [9.17, 15) is 19.2 Å². The van der Waals surface area contributed by atoms with Gasteiger partial charge in [0, 0.05) is 12.8 Å². The fourth-order valence-electron chi connectivity index (χ4n) is 1.22. The lowest BCUT2D eigenvalue weighted by Crippen LogP contribution is -2.22. The van der Waals surface area contributed by atoms with Crippen molar-refractivity contribution in [1.82, 2.24) is 0 Å². The maximum atomic E-state index is 11.3. The van der Waals surface area contributed by atoms with Gasteiger partial charge in [0.15, 0.2) is 23.8 Å². The van der Waals surface area contributed by atoms with Crippen LogP contribution in [0, 0.1) is 0 Å². The summed E-state index contributed by atoms with van der Waals surface area (Å²) in [7, 11) is 0. The first kappa shape index (κ1) is 18.3. The number of carbonyl (C=O) groups is 4. The highest BCUT2D eigenvalue weighted by molar-refractivity contribution is 5.83. The number of ketones is 2. The van der Waals surface area contributed by atoms with Gasteiger partial charge in [-0.2, -0.15) is 0 Å². The number of carbonyl (C=O) groups excluding carboxylic acids is 4. The second-order valence-corrected chi connectivity index (χ2v) is 4.69. The van der Waals surface area contributed by atoms with Crippen molar-refractivity contribution in [2.24, 2.45) is 0 Å². The fraction of sp³-hybridized carbons (Fsp3) is 0.714. The van der Waals surface area contributed by atoms with Crippen molar-refractivity contribution in [3.05, 3.63) is 0 Å². The molecule has 0 heterocycles. The first-order chi connectivity index (χ1) is 9.23. The van der Waals surface area contributed by atoms with Crippen LogP contribution in [0.3, 0.4) is 0 Å². The molecular formula is C14H22O6. The van der Waals surface area contributed by atoms with Gasteiger partial charge < -0.3 is 9.47 Å². The van der Waals surface area contributed by atoms with Gasteiger partial charge in [-0.25, -0.2) is 0 Å². The summed E-state index contributed by atoms with van der Waals surface area (Å²) in [6, 6.07) is 0. The van der Waals surface area contributed by atoms with Gasteiger partial charge in [-0.1, -0.05) is 0 Å². The number of esters is 2. The van der Waals surface area contributed by atoms with Crippen LogP contribution >= 0.6 is 0 Å². The Morgan fingerprint density at radius 3 is 1.30 bits per heavy atom. The summed E-state index contributed by atoms with van der Waals surface area (Å²) >= 11 is 0. The Morgan fingerprint density at radius 1 is 0.750 bits per heavy atom. The largest absolute Gasteiger partial charge is 0.455 e. The van der Waals surface area contributed by atoms with Gasteiger partial charge in [-0.3, -0.25) is 19.2 Å². The Hall–Kier alpha value is -1.72. The van der Waals surface area contributed by atoms with Crippen molar-refractivity contribution in [1.29, 1.82) is 0 Å². The number of Topliss-reactive ketones (excluding diaryl/α,β-unsaturated/α-hetero) is 2. The Bertz CT molecular complexity index is 338. The van der Waals surface area contributed by atoms with Crippen molar-refractivity contribution >= 4 is 23.5 Å². The van der Waals surface area contributed by atoms with Gasteiger partial charge in [0.05, 0.1) is 0 Å². The van der Waals surface area contributed by atoms with Crippen molar-refractivity contribution in [2.45, 2.75) is 65.6 Å². The van der Waals surface area contributed by atoms with E-state index in [1.807, 2.05) is 0 Å². The van der Waals surface area contributed by atoms with Gasteiger partial charge in [0.25, 0.3) is 0 Å². The summed E-state index contributed by atoms with van der Waals surface area (Å²) in [5, 5.41) is 0. The van der Waals surface area contributed by atoms with Crippen LogP contribution in [-0.2, 0) is 28.7 Å². The molecule has 0 rings (SSSR count). The highest BCUT2D eigenvalue weighted by Gasteiger charge is 2.15. The summed E-state index contributed by atoms with van der Waals surface area (Å²) in [6.07, 6.45) is -0.242. The molecule has 0 N–H and O–H groups in total. The molecule has 0 aromatic rings. The molecule has 0 aliphatic heterocycles. The van der Waals surface area contributed by atoms with Crippen LogP contribution < -0.4 is 0 Å². The lowest BCUT2D eigenvalue weighted by molar-refractivity contribution is -0.154. The maximum absolute atomic E-state index is 11.3. The van der Waals surface area contributed by atoms with Crippen LogP contribution in [0.15, 0.2) is 0 Å². The van der Waals surface area contributed by atoms with Crippen LogP contribution in [0.4, 0.5) is 0 Å². The van der Waals surface area contributed by atoms with Crippen molar-refractivity contribution < 1.29 is 28.7 Å². The standard InChI is InChI=1S/C14H22O6/c1-9(15)11(3)19-13(17)7-5-6-8-14(18)20-12(4)10(2)16/h11-12H,5-8H2,1-4H3. The molecule has 2 unspecified atom stereocenters. The monoisotopic (exact) mass is 286 g/mol. The summed E-state index contributed by atoms with van der Waals surface area (Å²) < 4.78 is 9.73. The SMILES string of the molecule is CC(=O)C(C)OC(=O)CCCCC(=O)OC(C)C(C)=O. The molecule has 0 radical (unpaired) electrons. The van der Waals surface area contributed by atoms with Crippen LogP contribution in [-0.4, -0.2) is 35.7 Å². The summed E-state index contributed by atoms with van der Waals surface area (Å²) in [5.74, 6) is -1.34. The molecule has 0 saturated heterocycles. The molecule has 0 aliphatic rings. The summed E-state index contributed by atoms with van der Waals surface area (Å²) in [6.45, 7) is 5.73. The van der Waals surface area contributed by atoms with E-state index in [4.69, 9.17) is 9.47 Å². The molecule has 0 saturated carbocycles. The lowest BCUT2D eigenvalue weighted by atomic mass is 10.2. The quantitative estimate of drug-likeness (QED) is 0.472. The topological polar surface area (TPSA) is 86.7 Å². The average molecular weight is 286 g/mol. The lowest BCUT2D eigenvalue weighted by Gasteiger charge is -2.10. The third-order valence-corrected chi connectivity index (χ3v) is 2.77. The van der Waals surface area contributed by atoms with Gasteiger partial charge in [-0.15, -0.1) is 0 Å². The molecule has 0 aromatic heterocycles. The van der Waals surface area contributed by atoms with Gasteiger partial charge in [-0.05, 0) is 40.5 Å². The first-order valence-corrected chi connectivity index (χ1v) is 6.64. The Morgan fingerprint density at radius 2 is 1.05 bits per heavy atom. The van der Waals surface area contributed by atoms with Gasteiger partial charge in [0.1, 0.15) is 0 Å². The van der Waals surface area contributed by atoms with E-state index in [2.05, 4.69) is 0 Å². The van der Waals surface area contributed by atoms with E-state index in [0.29, 0.717) is 12.8 Å². The zero-order valence-electron chi connectivity index (χ0n) is 12.4. The van der Waals surface area contributed by atoms with Crippen molar-refractivity contribution in [3.63, 3.8) is 0 Å². The third-order valence-electron chi connectivity index (χ3n) is 2.77. The number of rotatable bonds is 9. The fourth-order valence-corrected chi connectivity index (χ4v) is 1.22. The molecule has 0 fully saturated rings. The molecule has 0 bridgehead atoms. The summed E-state index contributed by atoms with van der Waals surface area (Å²) in [4.78, 5) is 44.4. The minimum Gasteiger partial charge on any atom is -0.455 e. The predicted molar refractivity (Wildman–Crippen MR) is 70.9 cm³/mol. The number of hydrogen-bond acceptors (Lipinski definition) is 6. The van der Waals surface area contributed by atoms with E-state index in [0.717, 1.165) is 0 Å². The van der Waals surface area contributed by atoms with E-state index < -0.39 is 24.1 Å². The Labute approximate surface area is 118 Å². The highest BCUT2D eigenvalue weighted by atomic mass is 16.5. The highest BCUT2D eigenvalue weighted by Crippen LogP contribution is 2.06. The maximum Gasteiger partial charge on any atom is 0.306 e. The smallest absolute Gasteiger partial charge is 0.306 e. The van der Waals surface area contributed by atoms with E-state index in [1.54, 1.807) is 0 Å². The molecule has 0 aliphatic carbocycles. The normalized spacial score (nSPS) is 13.2. The Balaban J connectivity index is 3.76. The van der Waals surface area contributed by atoms with Crippen LogP contribution in [0.5, 0.6) is 0 Å². The third kappa shape index (κ3) is 8.39. The molecule has 0 spiro atoms. The van der Waals surface area contributed by atoms with Crippen molar-refractivity contribution in [3.8, 4) is 0 Å². The summed E-state index contributed by atoms with van der Waals surface area (Å²) in [5.41, 5.74) is 0. The van der Waals surface area contributed by atoms with E-state index in [1.165, 1.54) is 27.7 Å². The molecule has 114 valence electrons. The van der Waals surface area contributed by atoms with Crippen LogP contribution in [0.25, 0.3) is 0 Å². The second-order valence-electron chi connectivity index (χ2n) is 4.69. The molecule has 20 heavy (non-hydrogen) atoms.